The zero-order valence-electron chi connectivity index (χ0n) is 13.6. The zero-order chi connectivity index (χ0) is 16.9. The van der Waals surface area contributed by atoms with E-state index in [2.05, 4.69) is 5.32 Å². The minimum Gasteiger partial charge on any atom is -0.465 e. The molecule has 2 aromatic rings. The molecule has 3 rings (SSSR count). The maximum absolute atomic E-state index is 12.0. The molecule has 0 atom stereocenters. The summed E-state index contributed by atoms with van der Waals surface area (Å²) in [7, 11) is 1.37. The average Bonchev–Trinajstić information content (AvgIpc) is 3.05. The van der Waals surface area contributed by atoms with Crippen LogP contribution in [0.15, 0.2) is 48.5 Å². The lowest BCUT2D eigenvalue weighted by molar-refractivity contribution is -0.117. The molecule has 0 unspecified atom stereocenters. The maximum Gasteiger partial charge on any atom is 0.337 e. The van der Waals surface area contributed by atoms with Gasteiger partial charge >= 0.3 is 5.97 Å². The Bertz CT molecular complexity index is 758. The number of benzene rings is 2. The van der Waals surface area contributed by atoms with E-state index >= 15 is 0 Å². The highest BCUT2D eigenvalue weighted by Crippen LogP contribution is 2.29. The van der Waals surface area contributed by atoms with Crippen LogP contribution in [0, 0.1) is 0 Å². The fraction of sp³-hybridized carbons (Fsp3) is 0.263. The van der Waals surface area contributed by atoms with Gasteiger partial charge in [0.15, 0.2) is 0 Å². The highest BCUT2D eigenvalue weighted by atomic mass is 16.5. The van der Waals surface area contributed by atoms with E-state index in [9.17, 15) is 9.59 Å². The number of hydrogen-bond acceptors (Lipinski definition) is 4. The van der Waals surface area contributed by atoms with Gasteiger partial charge < -0.3 is 15.0 Å². The van der Waals surface area contributed by atoms with Gasteiger partial charge in [0.05, 0.1) is 24.0 Å². The van der Waals surface area contributed by atoms with Gasteiger partial charge in [0.1, 0.15) is 0 Å². The molecule has 0 aliphatic carbocycles. The van der Waals surface area contributed by atoms with Gasteiger partial charge in [0.2, 0.25) is 5.91 Å². The highest BCUT2D eigenvalue weighted by Gasteiger charge is 2.23. The molecule has 1 fully saturated rings. The van der Waals surface area contributed by atoms with Crippen LogP contribution in [-0.4, -0.2) is 25.5 Å². The van der Waals surface area contributed by atoms with Crippen molar-refractivity contribution in [2.45, 2.75) is 19.4 Å². The number of carbonyl (C=O) groups is 2. The summed E-state index contributed by atoms with van der Waals surface area (Å²) >= 11 is 0. The van der Waals surface area contributed by atoms with Gasteiger partial charge in [-0.2, -0.15) is 0 Å². The monoisotopic (exact) mass is 324 g/mol. The van der Waals surface area contributed by atoms with E-state index in [4.69, 9.17) is 4.74 Å². The van der Waals surface area contributed by atoms with Crippen LogP contribution in [-0.2, 0) is 16.1 Å². The summed E-state index contributed by atoms with van der Waals surface area (Å²) in [5, 5.41) is 3.37. The van der Waals surface area contributed by atoms with Crippen LogP contribution in [0.25, 0.3) is 0 Å². The van der Waals surface area contributed by atoms with Crippen molar-refractivity contribution in [1.82, 2.24) is 0 Å². The number of anilines is 2. The first-order chi connectivity index (χ1) is 11.7. The largest absolute Gasteiger partial charge is 0.465 e. The second-order valence-electron chi connectivity index (χ2n) is 5.71. The fourth-order valence-corrected chi connectivity index (χ4v) is 2.88. The molecule has 1 heterocycles. The first kappa shape index (κ1) is 16.1. The number of hydrogen-bond donors (Lipinski definition) is 1. The van der Waals surface area contributed by atoms with Gasteiger partial charge in [-0.05, 0) is 36.2 Å². The molecule has 0 radical (unpaired) electrons. The van der Waals surface area contributed by atoms with Crippen molar-refractivity contribution in [3.8, 4) is 0 Å². The summed E-state index contributed by atoms with van der Waals surface area (Å²) in [5.41, 5.74) is 3.32. The van der Waals surface area contributed by atoms with Gasteiger partial charge in [-0.3, -0.25) is 4.79 Å². The topological polar surface area (TPSA) is 58.6 Å². The fourth-order valence-electron chi connectivity index (χ4n) is 2.88. The Morgan fingerprint density at radius 3 is 2.79 bits per heavy atom. The third kappa shape index (κ3) is 3.40. The number of amides is 1. The minimum atomic E-state index is -0.347. The summed E-state index contributed by atoms with van der Waals surface area (Å²) < 4.78 is 4.75. The third-order valence-corrected chi connectivity index (χ3v) is 4.10. The van der Waals surface area contributed by atoms with Crippen LogP contribution >= 0.6 is 0 Å². The first-order valence-corrected chi connectivity index (χ1v) is 7.99. The van der Waals surface area contributed by atoms with E-state index in [-0.39, 0.29) is 11.9 Å². The number of nitrogens with one attached hydrogen (secondary N) is 1. The molecule has 124 valence electrons. The molecular formula is C19H20N2O3. The van der Waals surface area contributed by atoms with Gasteiger partial charge in [0, 0.05) is 19.5 Å². The minimum absolute atomic E-state index is 0.164. The van der Waals surface area contributed by atoms with E-state index in [1.165, 1.54) is 7.11 Å². The predicted octanol–water partition coefficient (Wildman–Crippen LogP) is 3.21. The molecule has 1 aliphatic rings. The molecule has 5 heteroatoms. The molecule has 0 bridgehead atoms. The van der Waals surface area contributed by atoms with Crippen molar-refractivity contribution < 1.29 is 14.3 Å². The van der Waals surface area contributed by atoms with Gasteiger partial charge in [-0.15, -0.1) is 0 Å². The Kier molecular flexibility index (Phi) is 4.79. The molecule has 1 saturated heterocycles. The van der Waals surface area contributed by atoms with Crippen LogP contribution in [0.3, 0.4) is 0 Å². The van der Waals surface area contributed by atoms with Gasteiger partial charge in [0.25, 0.3) is 0 Å². The van der Waals surface area contributed by atoms with Crippen LogP contribution in [0.4, 0.5) is 11.4 Å². The lowest BCUT2D eigenvalue weighted by Crippen LogP contribution is -2.24. The standard InChI is InChI=1S/C19H20N2O3/c1-24-19(23)15-7-4-6-14(12-15)13-20-16-8-2-3-9-17(16)21-11-5-10-18(21)22/h2-4,6-9,12,20H,5,10-11,13H2,1H3. The Morgan fingerprint density at radius 2 is 2.04 bits per heavy atom. The lowest BCUT2D eigenvalue weighted by atomic mass is 10.1. The Balaban J connectivity index is 1.76. The molecule has 0 spiro atoms. The number of ether oxygens (including phenoxy) is 1. The molecule has 1 aliphatic heterocycles. The molecular weight excluding hydrogens is 304 g/mol. The highest BCUT2D eigenvalue weighted by molar-refractivity contribution is 5.98. The van der Waals surface area contributed by atoms with Crippen molar-refractivity contribution >= 4 is 23.3 Å². The van der Waals surface area contributed by atoms with E-state index in [1.807, 2.05) is 47.4 Å². The number of carbonyl (C=O) groups excluding carboxylic acids is 2. The molecule has 24 heavy (non-hydrogen) atoms. The summed E-state index contributed by atoms with van der Waals surface area (Å²) in [6, 6.07) is 15.1. The maximum atomic E-state index is 12.0. The SMILES string of the molecule is COC(=O)c1cccc(CNc2ccccc2N2CCCC2=O)c1. The first-order valence-electron chi connectivity index (χ1n) is 7.99. The molecule has 0 aromatic heterocycles. The molecule has 2 aromatic carbocycles. The Labute approximate surface area is 141 Å². The molecule has 5 nitrogen and oxygen atoms in total. The van der Waals surface area contributed by atoms with Gasteiger partial charge in [-0.1, -0.05) is 24.3 Å². The smallest absolute Gasteiger partial charge is 0.337 e. The van der Waals surface area contributed by atoms with Crippen molar-refractivity contribution in [2.24, 2.45) is 0 Å². The normalized spacial score (nSPS) is 13.9. The van der Waals surface area contributed by atoms with Crippen LogP contribution in [0.1, 0.15) is 28.8 Å². The van der Waals surface area contributed by atoms with Gasteiger partial charge in [-0.25, -0.2) is 4.79 Å². The lowest BCUT2D eigenvalue weighted by Gasteiger charge is -2.20. The second-order valence-corrected chi connectivity index (χ2v) is 5.71. The molecule has 0 saturated carbocycles. The number of esters is 1. The summed E-state index contributed by atoms with van der Waals surface area (Å²) in [6.45, 7) is 1.32. The van der Waals surface area contributed by atoms with E-state index in [0.717, 1.165) is 29.9 Å². The third-order valence-electron chi connectivity index (χ3n) is 4.10. The van der Waals surface area contributed by atoms with Crippen LogP contribution in [0.2, 0.25) is 0 Å². The Morgan fingerprint density at radius 1 is 1.21 bits per heavy atom. The van der Waals surface area contributed by atoms with Crippen LogP contribution < -0.4 is 10.2 Å². The molecule has 1 N–H and O–H groups in total. The van der Waals surface area contributed by atoms with Crippen molar-refractivity contribution in [3.05, 3.63) is 59.7 Å². The van der Waals surface area contributed by atoms with Crippen molar-refractivity contribution in [3.63, 3.8) is 0 Å². The average molecular weight is 324 g/mol. The quantitative estimate of drug-likeness (QED) is 0.858. The number of methoxy groups -OCH3 is 1. The van der Waals surface area contributed by atoms with Crippen molar-refractivity contribution in [1.29, 1.82) is 0 Å². The predicted molar refractivity (Wildman–Crippen MR) is 93.1 cm³/mol. The summed E-state index contributed by atoms with van der Waals surface area (Å²) in [6.07, 6.45) is 1.50. The number of nitrogens with zero attached hydrogens (tertiary/aromatic N) is 1. The number of para-hydroxylation sites is 2. The zero-order valence-corrected chi connectivity index (χ0v) is 13.6. The molecule has 1 amide bonds. The summed E-state index contributed by atoms with van der Waals surface area (Å²) in [5.74, 6) is -0.183. The summed E-state index contributed by atoms with van der Waals surface area (Å²) in [4.78, 5) is 25.4. The van der Waals surface area contributed by atoms with E-state index in [0.29, 0.717) is 18.5 Å². The van der Waals surface area contributed by atoms with E-state index < -0.39 is 0 Å². The second kappa shape index (κ2) is 7.17. The van der Waals surface area contributed by atoms with Crippen molar-refractivity contribution in [2.75, 3.05) is 23.9 Å². The van der Waals surface area contributed by atoms with Crippen LogP contribution in [0.5, 0.6) is 0 Å². The number of rotatable bonds is 5. The Hall–Kier alpha value is -2.82. The van der Waals surface area contributed by atoms with E-state index in [1.54, 1.807) is 6.07 Å².